The summed E-state index contributed by atoms with van der Waals surface area (Å²) >= 11 is 7.55. The zero-order valence-electron chi connectivity index (χ0n) is 7.47. The fraction of sp³-hybridized carbons (Fsp3) is 0.286. The van der Waals surface area contributed by atoms with Crippen LogP contribution in [0.15, 0.2) is 11.6 Å². The zero-order chi connectivity index (χ0) is 10.8. The monoisotopic (exact) mass is 260 g/mol. The fourth-order valence-electron chi connectivity index (χ4n) is 1.11. The maximum atomic E-state index is 11.7. The summed E-state index contributed by atoms with van der Waals surface area (Å²) in [4.78, 5) is 15.7. The van der Waals surface area contributed by atoms with Crippen LogP contribution in [0.5, 0.6) is 0 Å². The quantitative estimate of drug-likeness (QED) is 0.666. The Labute approximate surface area is 99.8 Å². The topological polar surface area (TPSA) is 80.0 Å². The number of nitrogens with one attached hydrogen (secondary N) is 2. The summed E-state index contributed by atoms with van der Waals surface area (Å²) in [5.41, 5.74) is 5.70. The number of thiocarbonyl (C=S) groups is 1. The van der Waals surface area contributed by atoms with Gasteiger partial charge in [-0.25, -0.2) is 4.98 Å². The predicted octanol–water partition coefficient (Wildman–Crippen LogP) is 0.356. The van der Waals surface area contributed by atoms with Crippen LogP contribution in [-0.4, -0.2) is 26.6 Å². The number of nitrogens with two attached hydrogens (primary N) is 1. The van der Waals surface area contributed by atoms with Crippen molar-refractivity contribution < 1.29 is 4.79 Å². The minimum absolute atomic E-state index is 0.171. The second-order valence-corrected chi connectivity index (χ2v) is 5.54. The van der Waals surface area contributed by atoms with E-state index in [1.54, 1.807) is 11.6 Å². The van der Waals surface area contributed by atoms with Crippen molar-refractivity contribution in [1.29, 1.82) is 0 Å². The molecule has 2 heterocycles. The zero-order valence-corrected chi connectivity index (χ0v) is 9.92. The maximum Gasteiger partial charge on any atom is 0.243 e. The molecule has 15 heavy (non-hydrogen) atoms. The highest BCUT2D eigenvalue weighted by atomic mass is 32.2. The number of anilines is 1. The lowest BCUT2D eigenvalue weighted by Gasteiger charge is -2.11. The average Bonchev–Trinajstić information content (AvgIpc) is 2.75. The molecule has 1 saturated heterocycles. The van der Waals surface area contributed by atoms with Gasteiger partial charge in [0.05, 0.1) is 6.17 Å². The molecule has 0 saturated carbocycles. The molecular formula is C7H8N4OS3. The first-order valence-electron chi connectivity index (χ1n) is 4.10. The van der Waals surface area contributed by atoms with Crippen molar-refractivity contribution in [1.82, 2.24) is 10.3 Å². The molecule has 0 aliphatic carbocycles. The Morgan fingerprint density at radius 1 is 1.73 bits per heavy atom. The third kappa shape index (κ3) is 2.46. The first kappa shape index (κ1) is 10.8. The van der Waals surface area contributed by atoms with Gasteiger partial charge in [-0.2, -0.15) is 0 Å². The molecule has 1 aromatic rings. The van der Waals surface area contributed by atoms with Crippen LogP contribution in [0.1, 0.15) is 0 Å². The van der Waals surface area contributed by atoms with E-state index in [0.29, 0.717) is 9.45 Å². The summed E-state index contributed by atoms with van der Waals surface area (Å²) < 4.78 is 0.557. The van der Waals surface area contributed by atoms with Crippen molar-refractivity contribution in [2.45, 2.75) is 11.4 Å². The van der Waals surface area contributed by atoms with Gasteiger partial charge in [-0.05, 0) is 0 Å². The Balaban J connectivity index is 1.99. The lowest BCUT2D eigenvalue weighted by molar-refractivity contribution is -0.116. The van der Waals surface area contributed by atoms with Crippen molar-refractivity contribution >= 4 is 50.7 Å². The lowest BCUT2D eigenvalue weighted by atomic mass is 10.3. The second kappa shape index (κ2) is 4.44. The van der Waals surface area contributed by atoms with E-state index in [0.717, 1.165) is 0 Å². The summed E-state index contributed by atoms with van der Waals surface area (Å²) in [7, 11) is 0. The summed E-state index contributed by atoms with van der Waals surface area (Å²) in [6, 6.07) is 0. The Morgan fingerprint density at radius 2 is 2.53 bits per heavy atom. The molecule has 2 atom stereocenters. The molecule has 1 amide bonds. The van der Waals surface area contributed by atoms with Crippen molar-refractivity contribution in [2.75, 3.05) is 5.32 Å². The summed E-state index contributed by atoms with van der Waals surface area (Å²) in [6.45, 7) is 0. The van der Waals surface area contributed by atoms with E-state index < -0.39 is 6.17 Å². The van der Waals surface area contributed by atoms with Crippen LogP contribution in [0.25, 0.3) is 0 Å². The highest BCUT2D eigenvalue weighted by molar-refractivity contribution is 8.24. The molecule has 0 spiro atoms. The Hall–Kier alpha value is -0.700. The van der Waals surface area contributed by atoms with Crippen molar-refractivity contribution in [2.24, 2.45) is 5.73 Å². The van der Waals surface area contributed by atoms with Crippen molar-refractivity contribution in [3.05, 3.63) is 11.6 Å². The Morgan fingerprint density at radius 3 is 3.07 bits per heavy atom. The number of carbonyl (C=O) groups excluding carboxylic acids is 1. The number of hydrogen-bond acceptors (Lipinski definition) is 6. The number of hydrogen-bond donors (Lipinski definition) is 3. The number of carbonyl (C=O) groups is 1. The number of thiazole rings is 1. The first-order chi connectivity index (χ1) is 7.16. The normalized spacial score (nSPS) is 25.0. The molecule has 5 nitrogen and oxygen atoms in total. The van der Waals surface area contributed by atoms with Gasteiger partial charge >= 0.3 is 0 Å². The standard InChI is InChI=1S/C7H8N4OS3/c8-4-3(15-7(13)10-4)5(12)11-6-9-1-2-14-6/h1-4H,8H2,(H,10,13)(H,9,11,12). The van der Waals surface area contributed by atoms with E-state index in [1.807, 2.05) is 0 Å². The highest BCUT2D eigenvalue weighted by Gasteiger charge is 2.34. The SMILES string of the molecule is NC1NC(=S)SC1C(=O)Nc1nccs1. The first-order valence-corrected chi connectivity index (χ1v) is 6.26. The predicted molar refractivity (Wildman–Crippen MR) is 65.8 cm³/mol. The molecular weight excluding hydrogens is 252 g/mol. The maximum absolute atomic E-state index is 11.7. The molecule has 1 aliphatic heterocycles. The van der Waals surface area contributed by atoms with Gasteiger partial charge in [0.1, 0.15) is 9.57 Å². The molecule has 0 aromatic carbocycles. The molecule has 0 radical (unpaired) electrons. The molecule has 1 fully saturated rings. The molecule has 1 aliphatic rings. The van der Waals surface area contributed by atoms with E-state index in [1.165, 1.54) is 23.1 Å². The van der Waals surface area contributed by atoms with Crippen LogP contribution < -0.4 is 16.4 Å². The lowest BCUT2D eigenvalue weighted by Crippen LogP contribution is -2.44. The number of nitrogens with zero attached hydrogens (tertiary/aromatic N) is 1. The number of aromatic nitrogens is 1. The van der Waals surface area contributed by atoms with Crippen LogP contribution in [0.4, 0.5) is 5.13 Å². The van der Waals surface area contributed by atoms with Crippen LogP contribution in [0, 0.1) is 0 Å². The average molecular weight is 260 g/mol. The van der Waals surface area contributed by atoms with Gasteiger partial charge in [-0.3, -0.25) is 4.79 Å². The van der Waals surface area contributed by atoms with Crippen molar-refractivity contribution in [3.63, 3.8) is 0 Å². The summed E-state index contributed by atoms with van der Waals surface area (Å²) in [5, 5.41) is 7.48. The summed E-state index contributed by atoms with van der Waals surface area (Å²) in [6.07, 6.45) is 1.20. The Kier molecular flexibility index (Phi) is 3.19. The number of amides is 1. The van der Waals surface area contributed by atoms with E-state index in [4.69, 9.17) is 18.0 Å². The van der Waals surface area contributed by atoms with Gasteiger partial charge in [0.2, 0.25) is 5.91 Å². The van der Waals surface area contributed by atoms with Gasteiger partial charge in [0.25, 0.3) is 0 Å². The third-order valence-electron chi connectivity index (χ3n) is 1.77. The third-order valence-corrected chi connectivity index (χ3v) is 3.95. The van der Waals surface area contributed by atoms with Crippen LogP contribution in [0.2, 0.25) is 0 Å². The van der Waals surface area contributed by atoms with Gasteiger partial charge in [0.15, 0.2) is 5.13 Å². The summed E-state index contributed by atoms with van der Waals surface area (Å²) in [5.74, 6) is -0.171. The smallest absolute Gasteiger partial charge is 0.243 e. The minimum atomic E-state index is -0.428. The van der Waals surface area contributed by atoms with E-state index >= 15 is 0 Å². The van der Waals surface area contributed by atoms with E-state index in [-0.39, 0.29) is 11.2 Å². The molecule has 80 valence electrons. The van der Waals surface area contributed by atoms with E-state index in [9.17, 15) is 4.79 Å². The number of thioether (sulfide) groups is 1. The van der Waals surface area contributed by atoms with E-state index in [2.05, 4.69) is 15.6 Å². The molecule has 0 bridgehead atoms. The second-order valence-electron chi connectivity index (χ2n) is 2.82. The van der Waals surface area contributed by atoms with Gasteiger partial charge < -0.3 is 16.4 Å². The largest absolute Gasteiger partial charge is 0.354 e. The number of rotatable bonds is 2. The van der Waals surface area contributed by atoms with Gasteiger partial charge in [0, 0.05) is 11.6 Å². The molecule has 2 unspecified atom stereocenters. The molecule has 8 heteroatoms. The van der Waals surface area contributed by atoms with Crippen molar-refractivity contribution in [3.8, 4) is 0 Å². The van der Waals surface area contributed by atoms with Crippen LogP contribution >= 0.6 is 35.3 Å². The van der Waals surface area contributed by atoms with Gasteiger partial charge in [-0.1, -0.05) is 24.0 Å². The van der Waals surface area contributed by atoms with Crippen LogP contribution in [-0.2, 0) is 4.79 Å². The fourth-order valence-corrected chi connectivity index (χ4v) is 2.91. The minimum Gasteiger partial charge on any atom is -0.354 e. The van der Waals surface area contributed by atoms with Crippen LogP contribution in [0.3, 0.4) is 0 Å². The molecule has 1 aromatic heterocycles. The molecule has 2 rings (SSSR count). The Bertz CT molecular complexity index is 380. The van der Waals surface area contributed by atoms with Gasteiger partial charge in [-0.15, -0.1) is 11.3 Å². The molecule has 4 N–H and O–H groups in total. The highest BCUT2D eigenvalue weighted by Crippen LogP contribution is 2.23.